The quantitative estimate of drug-likeness (QED) is 0.564. The number of thioether (sulfide) groups is 2. The molecule has 2 aromatic rings. The van der Waals surface area contributed by atoms with Crippen molar-refractivity contribution in [2.24, 2.45) is 0 Å². The van der Waals surface area contributed by atoms with Crippen molar-refractivity contribution < 1.29 is 13.6 Å². The van der Waals surface area contributed by atoms with Crippen molar-refractivity contribution in [3.05, 3.63) is 51.9 Å². The first kappa shape index (κ1) is 19.5. The predicted molar refractivity (Wildman–Crippen MR) is 97.0 cm³/mol. The van der Waals surface area contributed by atoms with Gasteiger partial charge >= 0.3 is 0 Å². The zero-order valence-electron chi connectivity index (χ0n) is 13.6. The van der Waals surface area contributed by atoms with E-state index in [9.17, 15) is 18.4 Å². The van der Waals surface area contributed by atoms with E-state index in [2.05, 4.69) is 15.3 Å². The lowest BCUT2D eigenvalue weighted by molar-refractivity contribution is -0.113. The first-order valence-electron chi connectivity index (χ1n) is 7.43. The maximum absolute atomic E-state index is 13.5. The summed E-state index contributed by atoms with van der Waals surface area (Å²) in [7, 11) is 0. The topological polar surface area (TPSA) is 74.8 Å². The molecule has 2 rings (SSSR count). The number of benzene rings is 1. The second-order valence-electron chi connectivity index (χ2n) is 5.36. The normalized spacial score (nSPS) is 10.9. The minimum absolute atomic E-state index is 0.0975. The van der Waals surface area contributed by atoms with Crippen molar-refractivity contribution in [1.82, 2.24) is 9.97 Å². The number of aromatic nitrogens is 2. The number of carbonyl (C=O) groups excluding carboxylic acids is 1. The molecule has 5 nitrogen and oxygen atoms in total. The van der Waals surface area contributed by atoms with Crippen LogP contribution in [0.5, 0.6) is 0 Å². The van der Waals surface area contributed by atoms with Crippen LogP contribution in [-0.2, 0) is 10.5 Å². The van der Waals surface area contributed by atoms with E-state index in [-0.39, 0.29) is 17.0 Å². The van der Waals surface area contributed by atoms with E-state index in [0.29, 0.717) is 21.9 Å². The average molecular weight is 385 g/mol. The van der Waals surface area contributed by atoms with Crippen molar-refractivity contribution >= 4 is 35.1 Å². The van der Waals surface area contributed by atoms with Gasteiger partial charge in [0.05, 0.1) is 17.1 Å². The van der Waals surface area contributed by atoms with Crippen LogP contribution in [0.4, 0.5) is 14.5 Å². The molecule has 25 heavy (non-hydrogen) atoms. The fraction of sp³-hybridized carbons (Fsp3) is 0.312. The largest absolute Gasteiger partial charge is 0.323 e. The lowest BCUT2D eigenvalue weighted by Crippen LogP contribution is -2.16. The van der Waals surface area contributed by atoms with Crippen LogP contribution >= 0.6 is 23.5 Å². The molecule has 0 fully saturated rings. The molecule has 2 N–H and O–H groups in total. The molecule has 0 radical (unpaired) electrons. The van der Waals surface area contributed by atoms with E-state index in [0.717, 1.165) is 30.0 Å². The number of aromatic amines is 1. The van der Waals surface area contributed by atoms with Crippen molar-refractivity contribution in [2.45, 2.75) is 30.0 Å². The molecule has 134 valence electrons. The summed E-state index contributed by atoms with van der Waals surface area (Å²) < 4.78 is 26.6. The van der Waals surface area contributed by atoms with E-state index >= 15 is 0 Å². The number of nitrogens with zero attached hydrogens (tertiary/aromatic N) is 1. The van der Waals surface area contributed by atoms with Crippen LogP contribution in [0.25, 0.3) is 0 Å². The Kier molecular flexibility index (Phi) is 7.01. The molecular weight excluding hydrogens is 368 g/mol. The minimum Gasteiger partial charge on any atom is -0.323 e. The molecule has 1 amide bonds. The lowest BCUT2D eigenvalue weighted by atomic mass is 10.3. The second-order valence-corrected chi connectivity index (χ2v) is 7.89. The van der Waals surface area contributed by atoms with E-state index in [1.54, 1.807) is 11.8 Å². The van der Waals surface area contributed by atoms with E-state index in [1.807, 2.05) is 13.8 Å². The van der Waals surface area contributed by atoms with E-state index in [4.69, 9.17) is 0 Å². The molecule has 0 unspecified atom stereocenters. The molecule has 0 atom stereocenters. The van der Waals surface area contributed by atoms with Crippen molar-refractivity contribution in [1.29, 1.82) is 0 Å². The summed E-state index contributed by atoms with van der Waals surface area (Å²) in [5.41, 5.74) is 0.101. The smallest absolute Gasteiger partial charge is 0.251 e. The summed E-state index contributed by atoms with van der Waals surface area (Å²) in [6, 6.07) is 4.23. The highest BCUT2D eigenvalue weighted by Crippen LogP contribution is 2.19. The third kappa shape index (κ3) is 6.50. The molecule has 0 aliphatic rings. The SMILES string of the molecule is CC(C)SCc1cc(=O)[nH]c(SCC(=O)Nc2cc(F)ccc2F)n1. The van der Waals surface area contributed by atoms with Gasteiger partial charge in [-0.3, -0.25) is 9.59 Å². The van der Waals surface area contributed by atoms with Crippen molar-refractivity contribution in [3.63, 3.8) is 0 Å². The summed E-state index contributed by atoms with van der Waals surface area (Å²) in [5, 5.41) is 3.01. The Morgan fingerprint density at radius 3 is 2.80 bits per heavy atom. The van der Waals surface area contributed by atoms with Crippen molar-refractivity contribution in [2.75, 3.05) is 11.1 Å². The van der Waals surface area contributed by atoms with Gasteiger partial charge in [0.25, 0.3) is 5.56 Å². The first-order chi connectivity index (χ1) is 11.8. The Morgan fingerprint density at radius 2 is 2.08 bits per heavy atom. The Hall–Kier alpha value is -1.87. The molecule has 0 spiro atoms. The summed E-state index contributed by atoms with van der Waals surface area (Å²) >= 11 is 2.67. The van der Waals surface area contributed by atoms with E-state index in [1.165, 1.54) is 6.07 Å². The number of amides is 1. The molecule has 9 heteroatoms. The maximum atomic E-state index is 13.5. The van der Waals surface area contributed by atoms with Gasteiger partial charge in [-0.1, -0.05) is 25.6 Å². The van der Waals surface area contributed by atoms with Crippen LogP contribution in [0.3, 0.4) is 0 Å². The molecule has 1 heterocycles. The Balaban J connectivity index is 1.97. The molecule has 0 aliphatic heterocycles. The number of rotatable bonds is 7. The zero-order chi connectivity index (χ0) is 18.4. The van der Waals surface area contributed by atoms with Gasteiger partial charge in [0.15, 0.2) is 5.16 Å². The van der Waals surface area contributed by atoms with Gasteiger partial charge in [-0.2, -0.15) is 11.8 Å². The molecular formula is C16H17F2N3O2S2. The standard InChI is InChI=1S/C16H17F2N3O2S2/c1-9(2)24-7-11-6-14(22)21-16(19-11)25-8-15(23)20-13-5-10(17)3-4-12(13)18/h3-6,9H,7-8H2,1-2H3,(H,20,23)(H,19,21,22). The fourth-order valence-electron chi connectivity index (χ4n) is 1.79. The first-order valence-corrected chi connectivity index (χ1v) is 9.46. The molecule has 0 bridgehead atoms. The van der Waals surface area contributed by atoms with Gasteiger partial charge < -0.3 is 10.3 Å². The van der Waals surface area contributed by atoms with Crippen LogP contribution in [0, 0.1) is 11.6 Å². The second kappa shape index (κ2) is 9.00. The number of anilines is 1. The molecule has 0 saturated heterocycles. The molecule has 1 aromatic heterocycles. The predicted octanol–water partition coefficient (Wildman–Crippen LogP) is 3.42. The third-order valence-corrected chi connectivity index (χ3v) is 4.88. The van der Waals surface area contributed by atoms with Gasteiger partial charge in [0.1, 0.15) is 11.6 Å². The highest BCUT2D eigenvalue weighted by molar-refractivity contribution is 7.99. The van der Waals surface area contributed by atoms with Crippen LogP contribution in [0.1, 0.15) is 19.5 Å². The molecule has 0 aliphatic carbocycles. The average Bonchev–Trinajstić information content (AvgIpc) is 2.54. The van der Waals surface area contributed by atoms with Crippen LogP contribution < -0.4 is 10.9 Å². The van der Waals surface area contributed by atoms with Gasteiger partial charge in [-0.05, 0) is 17.4 Å². The number of carbonyl (C=O) groups is 1. The Bertz CT molecular complexity index is 812. The monoisotopic (exact) mass is 385 g/mol. The van der Waals surface area contributed by atoms with E-state index < -0.39 is 17.5 Å². The third-order valence-electron chi connectivity index (χ3n) is 2.88. The van der Waals surface area contributed by atoms with Crippen LogP contribution in [0.2, 0.25) is 0 Å². The van der Waals surface area contributed by atoms with Crippen molar-refractivity contribution in [3.8, 4) is 0 Å². The lowest BCUT2D eigenvalue weighted by Gasteiger charge is -2.07. The Labute approximate surface area is 152 Å². The zero-order valence-corrected chi connectivity index (χ0v) is 15.3. The van der Waals surface area contributed by atoms with Gasteiger partial charge in [-0.15, -0.1) is 0 Å². The number of halogens is 2. The number of H-pyrrole nitrogens is 1. The van der Waals surface area contributed by atoms with Gasteiger partial charge in [0, 0.05) is 17.9 Å². The number of hydrogen-bond donors (Lipinski definition) is 2. The highest BCUT2D eigenvalue weighted by atomic mass is 32.2. The van der Waals surface area contributed by atoms with Crippen LogP contribution in [0.15, 0.2) is 34.2 Å². The number of nitrogens with one attached hydrogen (secondary N) is 2. The highest BCUT2D eigenvalue weighted by Gasteiger charge is 2.10. The summed E-state index contributed by atoms with van der Waals surface area (Å²) in [4.78, 5) is 30.4. The summed E-state index contributed by atoms with van der Waals surface area (Å²) in [6.45, 7) is 4.09. The fourth-order valence-corrected chi connectivity index (χ4v) is 3.14. The van der Waals surface area contributed by atoms with Crippen LogP contribution in [-0.4, -0.2) is 26.9 Å². The summed E-state index contributed by atoms with van der Waals surface area (Å²) in [5.74, 6) is -1.40. The van der Waals surface area contributed by atoms with Gasteiger partial charge in [-0.25, -0.2) is 13.8 Å². The van der Waals surface area contributed by atoms with Gasteiger partial charge in [0.2, 0.25) is 5.91 Å². The maximum Gasteiger partial charge on any atom is 0.251 e. The molecule has 1 aromatic carbocycles. The summed E-state index contributed by atoms with van der Waals surface area (Å²) in [6.07, 6.45) is 0. The molecule has 0 saturated carbocycles. The minimum atomic E-state index is -0.723. The Morgan fingerprint density at radius 1 is 1.32 bits per heavy atom. The number of hydrogen-bond acceptors (Lipinski definition) is 5.